The van der Waals surface area contributed by atoms with Gasteiger partial charge in [-0.05, 0) is 13.0 Å². The summed E-state index contributed by atoms with van der Waals surface area (Å²) in [5, 5.41) is 3.14. The molecule has 0 aromatic carbocycles. The molecule has 0 aliphatic carbocycles. The van der Waals surface area contributed by atoms with Crippen molar-refractivity contribution < 1.29 is 0 Å². The van der Waals surface area contributed by atoms with E-state index in [0.717, 1.165) is 17.1 Å². The van der Waals surface area contributed by atoms with Gasteiger partial charge in [0.15, 0.2) is 0 Å². The van der Waals surface area contributed by atoms with Crippen molar-refractivity contribution in [1.29, 1.82) is 0 Å². The standard InChI is InChI=1S/C9H15N3/c1-7-5-8(10-2)9(6-11-7)12(3)4/h5-6H,1-4H3,(H,10,11). The highest BCUT2D eigenvalue weighted by atomic mass is 15.1. The molecular formula is C9H15N3. The van der Waals surface area contributed by atoms with E-state index >= 15 is 0 Å². The first-order valence-corrected chi connectivity index (χ1v) is 3.97. The Kier molecular flexibility index (Phi) is 2.53. The van der Waals surface area contributed by atoms with Crippen molar-refractivity contribution in [2.24, 2.45) is 0 Å². The molecule has 1 heterocycles. The molecule has 0 spiro atoms. The van der Waals surface area contributed by atoms with Gasteiger partial charge in [-0.15, -0.1) is 0 Å². The highest BCUT2D eigenvalue weighted by Gasteiger charge is 2.02. The van der Waals surface area contributed by atoms with Crippen molar-refractivity contribution in [3.05, 3.63) is 18.0 Å². The summed E-state index contributed by atoms with van der Waals surface area (Å²) in [5.74, 6) is 0. The van der Waals surface area contributed by atoms with Gasteiger partial charge in [0.05, 0.1) is 17.6 Å². The van der Waals surface area contributed by atoms with Crippen LogP contribution in [0, 0.1) is 6.92 Å². The van der Waals surface area contributed by atoms with E-state index in [2.05, 4.69) is 10.3 Å². The lowest BCUT2D eigenvalue weighted by atomic mass is 10.3. The molecule has 1 aromatic rings. The van der Waals surface area contributed by atoms with Crippen molar-refractivity contribution in [2.45, 2.75) is 6.92 Å². The van der Waals surface area contributed by atoms with Crippen LogP contribution in [0.1, 0.15) is 5.69 Å². The summed E-state index contributed by atoms with van der Waals surface area (Å²) >= 11 is 0. The lowest BCUT2D eigenvalue weighted by Gasteiger charge is -2.16. The third-order valence-corrected chi connectivity index (χ3v) is 1.77. The number of pyridine rings is 1. The summed E-state index contributed by atoms with van der Waals surface area (Å²) < 4.78 is 0. The van der Waals surface area contributed by atoms with Crippen LogP contribution < -0.4 is 10.2 Å². The van der Waals surface area contributed by atoms with Gasteiger partial charge in [-0.3, -0.25) is 4.98 Å². The second-order valence-electron chi connectivity index (χ2n) is 2.99. The predicted molar refractivity (Wildman–Crippen MR) is 52.8 cm³/mol. The van der Waals surface area contributed by atoms with Gasteiger partial charge in [0, 0.05) is 26.8 Å². The van der Waals surface area contributed by atoms with Crippen molar-refractivity contribution in [1.82, 2.24) is 4.98 Å². The van der Waals surface area contributed by atoms with Crippen LogP contribution in [-0.4, -0.2) is 26.1 Å². The van der Waals surface area contributed by atoms with E-state index in [4.69, 9.17) is 0 Å². The molecule has 1 N–H and O–H groups in total. The first-order valence-electron chi connectivity index (χ1n) is 3.97. The zero-order chi connectivity index (χ0) is 9.14. The zero-order valence-electron chi connectivity index (χ0n) is 8.05. The molecule has 66 valence electrons. The molecule has 0 saturated carbocycles. The Morgan fingerprint density at radius 3 is 2.58 bits per heavy atom. The van der Waals surface area contributed by atoms with Gasteiger partial charge in [0.25, 0.3) is 0 Å². The maximum absolute atomic E-state index is 4.23. The maximum Gasteiger partial charge on any atom is 0.0783 e. The Bertz CT molecular complexity index is 268. The molecule has 0 amide bonds. The molecule has 0 fully saturated rings. The lowest BCUT2D eigenvalue weighted by molar-refractivity contribution is 1.09. The fourth-order valence-corrected chi connectivity index (χ4v) is 1.11. The first-order chi connectivity index (χ1) is 5.65. The van der Waals surface area contributed by atoms with Gasteiger partial charge in [0.2, 0.25) is 0 Å². The van der Waals surface area contributed by atoms with Gasteiger partial charge in [-0.1, -0.05) is 0 Å². The van der Waals surface area contributed by atoms with Crippen LogP contribution in [-0.2, 0) is 0 Å². The molecule has 0 saturated heterocycles. The summed E-state index contributed by atoms with van der Waals surface area (Å²) in [7, 11) is 5.93. The molecule has 1 rings (SSSR count). The molecule has 0 atom stereocenters. The molecule has 3 heteroatoms. The Hall–Kier alpha value is -1.25. The average Bonchev–Trinajstić information content (AvgIpc) is 2.03. The molecule has 0 unspecified atom stereocenters. The lowest BCUT2D eigenvalue weighted by Crippen LogP contribution is -2.11. The Morgan fingerprint density at radius 1 is 1.42 bits per heavy atom. The number of anilines is 2. The highest BCUT2D eigenvalue weighted by molar-refractivity contribution is 5.68. The van der Waals surface area contributed by atoms with Crippen LogP contribution in [0.25, 0.3) is 0 Å². The molecule has 0 bridgehead atoms. The fourth-order valence-electron chi connectivity index (χ4n) is 1.11. The minimum Gasteiger partial charge on any atom is -0.386 e. The second-order valence-corrected chi connectivity index (χ2v) is 2.99. The van der Waals surface area contributed by atoms with Crippen LogP contribution in [0.3, 0.4) is 0 Å². The summed E-state index contributed by atoms with van der Waals surface area (Å²) in [6.45, 7) is 1.99. The minimum absolute atomic E-state index is 1.03. The van der Waals surface area contributed by atoms with Gasteiger partial charge < -0.3 is 10.2 Å². The number of aryl methyl sites for hydroxylation is 1. The SMILES string of the molecule is CNc1cc(C)ncc1N(C)C. The van der Waals surface area contributed by atoms with E-state index in [9.17, 15) is 0 Å². The number of hydrogen-bond acceptors (Lipinski definition) is 3. The van der Waals surface area contributed by atoms with E-state index in [1.165, 1.54) is 0 Å². The molecule has 12 heavy (non-hydrogen) atoms. The normalized spacial score (nSPS) is 9.67. The molecule has 0 radical (unpaired) electrons. The van der Waals surface area contributed by atoms with Crippen LogP contribution in [0.4, 0.5) is 11.4 Å². The molecule has 0 aliphatic rings. The third-order valence-electron chi connectivity index (χ3n) is 1.77. The smallest absolute Gasteiger partial charge is 0.0783 e. The summed E-state index contributed by atoms with van der Waals surface area (Å²) in [4.78, 5) is 6.27. The highest BCUT2D eigenvalue weighted by Crippen LogP contribution is 2.22. The van der Waals surface area contributed by atoms with E-state index < -0.39 is 0 Å². The monoisotopic (exact) mass is 165 g/mol. The van der Waals surface area contributed by atoms with Crippen molar-refractivity contribution in [3.8, 4) is 0 Å². The first kappa shape index (κ1) is 8.84. The van der Waals surface area contributed by atoms with E-state index in [0.29, 0.717) is 0 Å². The topological polar surface area (TPSA) is 28.2 Å². The second kappa shape index (κ2) is 3.43. The third kappa shape index (κ3) is 1.67. The fraction of sp³-hybridized carbons (Fsp3) is 0.444. The van der Waals surface area contributed by atoms with Gasteiger partial charge in [-0.2, -0.15) is 0 Å². The average molecular weight is 165 g/mol. The van der Waals surface area contributed by atoms with Gasteiger partial charge in [0.1, 0.15) is 0 Å². The Morgan fingerprint density at radius 2 is 2.08 bits per heavy atom. The quantitative estimate of drug-likeness (QED) is 0.719. The van der Waals surface area contributed by atoms with Crippen molar-refractivity contribution in [2.75, 3.05) is 31.4 Å². The van der Waals surface area contributed by atoms with Crippen molar-refractivity contribution >= 4 is 11.4 Å². The van der Waals surface area contributed by atoms with Gasteiger partial charge in [-0.25, -0.2) is 0 Å². The van der Waals surface area contributed by atoms with Crippen LogP contribution in [0.5, 0.6) is 0 Å². The number of hydrogen-bond donors (Lipinski definition) is 1. The molecular weight excluding hydrogens is 150 g/mol. The summed E-state index contributed by atoms with van der Waals surface area (Å²) in [6, 6.07) is 2.04. The van der Waals surface area contributed by atoms with Crippen LogP contribution in [0.2, 0.25) is 0 Å². The van der Waals surface area contributed by atoms with E-state index in [1.54, 1.807) is 0 Å². The molecule has 3 nitrogen and oxygen atoms in total. The van der Waals surface area contributed by atoms with Crippen molar-refractivity contribution in [3.63, 3.8) is 0 Å². The number of nitrogens with one attached hydrogen (secondary N) is 1. The Balaban J connectivity index is 3.11. The molecule has 1 aromatic heterocycles. The number of nitrogens with zero attached hydrogens (tertiary/aromatic N) is 2. The largest absolute Gasteiger partial charge is 0.386 e. The maximum atomic E-state index is 4.23. The van der Waals surface area contributed by atoms with E-state index in [-0.39, 0.29) is 0 Å². The van der Waals surface area contributed by atoms with Crippen LogP contribution >= 0.6 is 0 Å². The number of rotatable bonds is 2. The summed E-state index contributed by atoms with van der Waals surface area (Å²) in [6.07, 6.45) is 1.88. The van der Waals surface area contributed by atoms with E-state index in [1.807, 2.05) is 45.2 Å². The predicted octanol–water partition coefficient (Wildman–Crippen LogP) is 1.50. The summed E-state index contributed by atoms with van der Waals surface area (Å²) in [5.41, 5.74) is 3.26. The van der Waals surface area contributed by atoms with Gasteiger partial charge >= 0.3 is 0 Å². The zero-order valence-corrected chi connectivity index (χ0v) is 8.05. The van der Waals surface area contributed by atoms with Crippen LogP contribution in [0.15, 0.2) is 12.3 Å². The Labute approximate surface area is 73.4 Å². The number of aromatic nitrogens is 1. The molecule has 0 aliphatic heterocycles. The minimum atomic E-state index is 1.03.